The van der Waals surface area contributed by atoms with E-state index >= 15 is 0 Å². The van der Waals surface area contributed by atoms with Gasteiger partial charge in [-0.15, -0.1) is 0 Å². The van der Waals surface area contributed by atoms with Gasteiger partial charge in [-0.1, -0.05) is 31.7 Å². The fourth-order valence-corrected chi connectivity index (χ4v) is 0.587. The fraction of sp³-hybridized carbons (Fsp3) is 0.400. The van der Waals surface area contributed by atoms with Gasteiger partial charge in [-0.05, 0) is 31.4 Å². The van der Waals surface area contributed by atoms with E-state index in [9.17, 15) is 0 Å². The van der Waals surface area contributed by atoms with Crippen LogP contribution in [-0.4, -0.2) is 0 Å². The van der Waals surface area contributed by atoms with Crippen LogP contribution in [0.25, 0.3) is 0 Å². The quantitative estimate of drug-likeness (QED) is 0.521. The average Bonchev–Trinajstić information content (AvgIpc) is 1.98. The van der Waals surface area contributed by atoms with Gasteiger partial charge < -0.3 is 0 Å². The van der Waals surface area contributed by atoms with E-state index in [1.54, 1.807) is 0 Å². The molecule has 0 atom stereocenters. The minimum absolute atomic E-state index is 1.10. The van der Waals surface area contributed by atoms with Crippen LogP contribution in [0.3, 0.4) is 0 Å². The molecule has 0 aliphatic heterocycles. The summed E-state index contributed by atoms with van der Waals surface area (Å²) >= 11 is 0. The summed E-state index contributed by atoms with van der Waals surface area (Å²) < 4.78 is 0. The van der Waals surface area contributed by atoms with Gasteiger partial charge in [-0.2, -0.15) is 0 Å². The molecule has 0 saturated carbocycles. The van der Waals surface area contributed by atoms with Gasteiger partial charge in [0.2, 0.25) is 0 Å². The van der Waals surface area contributed by atoms with Gasteiger partial charge in [0.1, 0.15) is 0 Å². The van der Waals surface area contributed by atoms with Crippen molar-refractivity contribution in [1.29, 1.82) is 0 Å². The fourth-order valence-electron chi connectivity index (χ4n) is 0.587. The summed E-state index contributed by atoms with van der Waals surface area (Å²) in [6, 6.07) is 0. The molecule has 0 fully saturated rings. The highest BCUT2D eigenvalue weighted by molar-refractivity contribution is 5.28. The van der Waals surface area contributed by atoms with Crippen molar-refractivity contribution in [3.63, 3.8) is 0 Å². The van der Waals surface area contributed by atoms with Crippen molar-refractivity contribution >= 4 is 0 Å². The molecule has 0 radical (unpaired) electrons. The molecule has 0 aromatic heterocycles. The Kier molecular flexibility index (Phi) is 4.65. The van der Waals surface area contributed by atoms with Crippen LogP contribution in [0.2, 0.25) is 0 Å². The number of rotatable bonds is 3. The van der Waals surface area contributed by atoms with E-state index in [-0.39, 0.29) is 0 Å². The summed E-state index contributed by atoms with van der Waals surface area (Å²) in [7, 11) is 0. The van der Waals surface area contributed by atoms with Crippen LogP contribution in [0.15, 0.2) is 36.0 Å². The first kappa shape index (κ1) is 9.22. The van der Waals surface area contributed by atoms with Crippen LogP contribution < -0.4 is 0 Å². The predicted molar refractivity (Wildman–Crippen MR) is 48.0 cm³/mol. The third kappa shape index (κ3) is 3.29. The molecular weight excluding hydrogens is 120 g/mol. The first-order valence-corrected chi connectivity index (χ1v) is 3.68. The van der Waals surface area contributed by atoms with Crippen molar-refractivity contribution in [2.75, 3.05) is 0 Å². The lowest BCUT2D eigenvalue weighted by Crippen LogP contribution is -1.73. The Balaban J connectivity index is 4.17. The van der Waals surface area contributed by atoms with E-state index in [2.05, 4.69) is 39.5 Å². The minimum atomic E-state index is 1.10. The number of hydrogen-bond acceptors (Lipinski definition) is 0. The highest BCUT2D eigenvalue weighted by atomic mass is 13.9. The van der Waals surface area contributed by atoms with Crippen molar-refractivity contribution in [3.05, 3.63) is 36.0 Å². The molecule has 0 spiro atoms. The molecule has 0 aromatic carbocycles. The van der Waals surface area contributed by atoms with E-state index in [0.29, 0.717) is 0 Å². The molecule has 10 heavy (non-hydrogen) atoms. The van der Waals surface area contributed by atoms with E-state index in [4.69, 9.17) is 0 Å². The molecule has 0 bridgehead atoms. The molecule has 0 aliphatic rings. The Bertz CT molecular complexity index is 159. The maximum Gasteiger partial charge on any atom is -0.0376 e. The Morgan fingerprint density at radius 1 is 1.30 bits per heavy atom. The van der Waals surface area contributed by atoms with Gasteiger partial charge in [0.05, 0.1) is 0 Å². The van der Waals surface area contributed by atoms with Gasteiger partial charge in [-0.25, -0.2) is 0 Å². The van der Waals surface area contributed by atoms with Crippen LogP contribution in [0.1, 0.15) is 27.2 Å². The lowest BCUT2D eigenvalue weighted by atomic mass is 10.1. The Morgan fingerprint density at radius 3 is 2.30 bits per heavy atom. The zero-order valence-corrected chi connectivity index (χ0v) is 7.15. The molecule has 0 heterocycles. The van der Waals surface area contributed by atoms with Crippen molar-refractivity contribution in [3.8, 4) is 0 Å². The average molecular weight is 136 g/mol. The van der Waals surface area contributed by atoms with E-state index in [1.807, 2.05) is 6.08 Å². The van der Waals surface area contributed by atoms with Crippen LogP contribution in [-0.2, 0) is 0 Å². The molecular formula is C10H16. The lowest BCUT2D eigenvalue weighted by molar-refractivity contribution is 1.21. The Hall–Kier alpha value is -0.780. The van der Waals surface area contributed by atoms with Gasteiger partial charge in [0.25, 0.3) is 0 Å². The number of allylic oxidation sites excluding steroid dienone is 5. The zero-order chi connectivity index (χ0) is 7.98. The van der Waals surface area contributed by atoms with Crippen LogP contribution in [0.4, 0.5) is 0 Å². The van der Waals surface area contributed by atoms with E-state index in [1.165, 1.54) is 11.1 Å². The van der Waals surface area contributed by atoms with Gasteiger partial charge in [-0.3, -0.25) is 0 Å². The summed E-state index contributed by atoms with van der Waals surface area (Å²) in [5.41, 5.74) is 2.56. The van der Waals surface area contributed by atoms with Crippen molar-refractivity contribution in [2.24, 2.45) is 0 Å². The predicted octanol–water partition coefficient (Wildman–Crippen LogP) is 3.48. The normalized spacial score (nSPS) is 13.5. The standard InChI is InChI=1S/C10H16/c1-5-7-8-10(4)9(3)6-2/h6-8H,2,5H2,1,3-4H3/b8-7-,10-9-. The lowest BCUT2D eigenvalue weighted by Gasteiger charge is -1.94. The molecule has 0 amide bonds. The molecule has 0 aromatic rings. The molecule has 0 saturated heterocycles. The largest absolute Gasteiger partial charge is 0.0988 e. The monoisotopic (exact) mass is 136 g/mol. The van der Waals surface area contributed by atoms with Crippen molar-refractivity contribution < 1.29 is 0 Å². The molecule has 0 nitrogen and oxygen atoms in total. The highest BCUT2D eigenvalue weighted by Gasteiger charge is 1.84. The Labute approximate surface area is 64.0 Å². The maximum absolute atomic E-state index is 3.70. The zero-order valence-electron chi connectivity index (χ0n) is 7.15. The molecule has 0 rings (SSSR count). The van der Waals surface area contributed by atoms with Crippen LogP contribution in [0.5, 0.6) is 0 Å². The Morgan fingerprint density at radius 2 is 1.90 bits per heavy atom. The molecule has 0 heteroatoms. The summed E-state index contributed by atoms with van der Waals surface area (Å²) in [6.07, 6.45) is 7.27. The summed E-state index contributed by atoms with van der Waals surface area (Å²) in [4.78, 5) is 0. The second kappa shape index (κ2) is 5.04. The van der Waals surface area contributed by atoms with E-state index < -0.39 is 0 Å². The third-order valence-corrected chi connectivity index (χ3v) is 1.53. The third-order valence-electron chi connectivity index (χ3n) is 1.53. The van der Waals surface area contributed by atoms with Gasteiger partial charge in [0.15, 0.2) is 0 Å². The smallest absolute Gasteiger partial charge is 0.0376 e. The van der Waals surface area contributed by atoms with Gasteiger partial charge in [0, 0.05) is 0 Å². The second-order valence-electron chi connectivity index (χ2n) is 2.38. The second-order valence-corrected chi connectivity index (χ2v) is 2.38. The summed E-state index contributed by atoms with van der Waals surface area (Å²) in [5.74, 6) is 0. The van der Waals surface area contributed by atoms with Crippen molar-refractivity contribution in [1.82, 2.24) is 0 Å². The molecule has 0 unspecified atom stereocenters. The first-order chi connectivity index (χ1) is 4.72. The maximum atomic E-state index is 3.70. The van der Waals surface area contributed by atoms with Crippen LogP contribution >= 0.6 is 0 Å². The SMILES string of the molecule is C=C/C(C)=C(C)\C=C/CC. The summed E-state index contributed by atoms with van der Waals surface area (Å²) in [5, 5.41) is 0. The minimum Gasteiger partial charge on any atom is -0.0988 e. The highest BCUT2D eigenvalue weighted by Crippen LogP contribution is 2.05. The molecule has 56 valence electrons. The van der Waals surface area contributed by atoms with Gasteiger partial charge >= 0.3 is 0 Å². The molecule has 0 N–H and O–H groups in total. The van der Waals surface area contributed by atoms with E-state index in [0.717, 1.165) is 6.42 Å². The van der Waals surface area contributed by atoms with Crippen molar-refractivity contribution in [2.45, 2.75) is 27.2 Å². The molecule has 0 aliphatic carbocycles. The summed E-state index contributed by atoms with van der Waals surface area (Å²) in [6.45, 7) is 10.0. The number of hydrogen-bond donors (Lipinski definition) is 0. The first-order valence-electron chi connectivity index (χ1n) is 3.68. The van der Waals surface area contributed by atoms with Crippen LogP contribution in [0, 0.1) is 0 Å². The topological polar surface area (TPSA) is 0 Å².